The molecule has 2 N–H and O–H groups in total. The standard InChI is InChI=1S/C23H31FN4O2/c1-16-19(20-14-18(24)6-7-21(20)26-16)15-22(29)25-8-9-27-10-12-28(13-11-27)23(30)17-4-2-3-5-17/h6-7,14,17,26H,2-5,8-13,15H2,1H3,(H,25,29). The number of aromatic nitrogens is 1. The zero-order valence-electron chi connectivity index (χ0n) is 17.7. The number of hydrogen-bond donors (Lipinski definition) is 2. The molecule has 1 saturated carbocycles. The first kappa shape index (κ1) is 20.8. The van der Waals surface area contributed by atoms with Gasteiger partial charge in [-0.05, 0) is 43.5 Å². The van der Waals surface area contributed by atoms with Crippen molar-refractivity contribution in [2.45, 2.75) is 39.0 Å². The largest absolute Gasteiger partial charge is 0.358 e. The number of aryl methyl sites for hydroxylation is 1. The number of amides is 2. The Bertz CT molecular complexity index is 911. The average Bonchev–Trinajstić information content (AvgIpc) is 3.37. The molecule has 0 unspecified atom stereocenters. The molecule has 1 aliphatic carbocycles. The normalized spacial score (nSPS) is 18.3. The fraction of sp³-hybridized carbons (Fsp3) is 0.565. The van der Waals surface area contributed by atoms with Gasteiger partial charge in [-0.1, -0.05) is 12.8 Å². The van der Waals surface area contributed by atoms with Crippen molar-refractivity contribution in [2.75, 3.05) is 39.3 Å². The first-order valence-electron chi connectivity index (χ1n) is 11.1. The molecular formula is C23H31FN4O2. The van der Waals surface area contributed by atoms with Gasteiger partial charge in [0.15, 0.2) is 0 Å². The van der Waals surface area contributed by atoms with Gasteiger partial charge in [0.2, 0.25) is 11.8 Å². The van der Waals surface area contributed by atoms with Crippen LogP contribution >= 0.6 is 0 Å². The zero-order valence-corrected chi connectivity index (χ0v) is 17.7. The molecule has 2 aliphatic rings. The fourth-order valence-electron chi connectivity index (χ4n) is 4.78. The minimum Gasteiger partial charge on any atom is -0.358 e. The van der Waals surface area contributed by atoms with E-state index in [2.05, 4.69) is 15.2 Å². The van der Waals surface area contributed by atoms with Crippen molar-refractivity contribution in [2.24, 2.45) is 5.92 Å². The van der Waals surface area contributed by atoms with Crippen molar-refractivity contribution in [3.8, 4) is 0 Å². The molecule has 0 spiro atoms. The second-order valence-electron chi connectivity index (χ2n) is 8.59. The van der Waals surface area contributed by atoms with Crippen LogP contribution in [-0.4, -0.2) is 65.9 Å². The molecule has 2 aromatic rings. The summed E-state index contributed by atoms with van der Waals surface area (Å²) >= 11 is 0. The van der Waals surface area contributed by atoms with Gasteiger partial charge in [0, 0.05) is 61.8 Å². The van der Waals surface area contributed by atoms with Crippen molar-refractivity contribution < 1.29 is 14.0 Å². The van der Waals surface area contributed by atoms with Gasteiger partial charge < -0.3 is 15.2 Å². The molecule has 4 rings (SSSR count). The highest BCUT2D eigenvalue weighted by Gasteiger charge is 2.29. The van der Waals surface area contributed by atoms with Gasteiger partial charge in [0.25, 0.3) is 0 Å². The van der Waals surface area contributed by atoms with E-state index in [1.165, 1.54) is 25.0 Å². The van der Waals surface area contributed by atoms with Gasteiger partial charge in [0.1, 0.15) is 5.82 Å². The Morgan fingerprint density at radius 2 is 1.90 bits per heavy atom. The summed E-state index contributed by atoms with van der Waals surface area (Å²) in [6.07, 6.45) is 4.70. The number of nitrogens with zero attached hydrogens (tertiary/aromatic N) is 2. The van der Waals surface area contributed by atoms with E-state index >= 15 is 0 Å². The lowest BCUT2D eigenvalue weighted by atomic mass is 10.1. The summed E-state index contributed by atoms with van der Waals surface area (Å²) in [5, 5.41) is 3.75. The van der Waals surface area contributed by atoms with Crippen LogP contribution in [0.4, 0.5) is 4.39 Å². The number of fused-ring (bicyclic) bond motifs is 1. The third-order valence-corrected chi connectivity index (χ3v) is 6.56. The smallest absolute Gasteiger partial charge is 0.225 e. The predicted molar refractivity (Wildman–Crippen MR) is 115 cm³/mol. The Labute approximate surface area is 176 Å². The van der Waals surface area contributed by atoms with Crippen molar-refractivity contribution >= 4 is 22.7 Å². The van der Waals surface area contributed by atoms with Gasteiger partial charge in [0.05, 0.1) is 6.42 Å². The number of piperazine rings is 1. The maximum atomic E-state index is 13.6. The van der Waals surface area contributed by atoms with E-state index in [4.69, 9.17) is 0 Å². The van der Waals surface area contributed by atoms with Crippen LogP contribution in [0.5, 0.6) is 0 Å². The average molecular weight is 415 g/mol. The number of hydrogen-bond acceptors (Lipinski definition) is 3. The van der Waals surface area contributed by atoms with E-state index in [1.807, 2.05) is 11.8 Å². The number of halogens is 1. The number of benzene rings is 1. The third kappa shape index (κ3) is 4.67. The van der Waals surface area contributed by atoms with E-state index in [0.29, 0.717) is 12.5 Å². The molecule has 0 bridgehead atoms. The van der Waals surface area contributed by atoms with Crippen molar-refractivity contribution in [3.05, 3.63) is 35.3 Å². The topological polar surface area (TPSA) is 68.4 Å². The highest BCUT2D eigenvalue weighted by molar-refractivity contribution is 5.90. The Balaban J connectivity index is 1.21. The van der Waals surface area contributed by atoms with E-state index in [0.717, 1.165) is 67.7 Å². The monoisotopic (exact) mass is 414 g/mol. The molecule has 6 nitrogen and oxygen atoms in total. The van der Waals surface area contributed by atoms with E-state index in [-0.39, 0.29) is 24.1 Å². The van der Waals surface area contributed by atoms with Crippen LogP contribution in [0.25, 0.3) is 10.9 Å². The van der Waals surface area contributed by atoms with Crippen LogP contribution in [0.15, 0.2) is 18.2 Å². The Kier molecular flexibility index (Phi) is 6.37. The highest BCUT2D eigenvalue weighted by atomic mass is 19.1. The van der Waals surface area contributed by atoms with Crippen molar-refractivity contribution in [1.29, 1.82) is 0 Å². The Morgan fingerprint density at radius 1 is 1.17 bits per heavy atom. The van der Waals surface area contributed by atoms with Crippen LogP contribution in [0, 0.1) is 18.7 Å². The minimum absolute atomic E-state index is 0.0571. The van der Waals surface area contributed by atoms with Gasteiger partial charge in [-0.2, -0.15) is 0 Å². The molecule has 162 valence electrons. The first-order valence-corrected chi connectivity index (χ1v) is 11.1. The molecule has 2 fully saturated rings. The first-order chi connectivity index (χ1) is 14.5. The molecule has 0 radical (unpaired) electrons. The zero-order chi connectivity index (χ0) is 21.1. The molecule has 2 heterocycles. The number of H-pyrrole nitrogens is 1. The van der Waals surface area contributed by atoms with Crippen LogP contribution in [0.3, 0.4) is 0 Å². The van der Waals surface area contributed by atoms with Crippen LogP contribution < -0.4 is 5.32 Å². The van der Waals surface area contributed by atoms with Crippen molar-refractivity contribution in [3.63, 3.8) is 0 Å². The Hall–Kier alpha value is -2.41. The predicted octanol–water partition coefficient (Wildman–Crippen LogP) is 2.61. The van der Waals surface area contributed by atoms with E-state index < -0.39 is 0 Å². The second kappa shape index (κ2) is 9.16. The van der Waals surface area contributed by atoms with Crippen LogP contribution in [0.1, 0.15) is 36.9 Å². The Morgan fingerprint density at radius 3 is 2.63 bits per heavy atom. The fourth-order valence-corrected chi connectivity index (χ4v) is 4.78. The summed E-state index contributed by atoms with van der Waals surface area (Å²) in [6.45, 7) is 6.54. The van der Waals surface area contributed by atoms with Gasteiger partial charge >= 0.3 is 0 Å². The van der Waals surface area contributed by atoms with Crippen LogP contribution in [-0.2, 0) is 16.0 Å². The lowest BCUT2D eigenvalue weighted by molar-refractivity contribution is -0.137. The maximum Gasteiger partial charge on any atom is 0.225 e. The molecule has 30 heavy (non-hydrogen) atoms. The van der Waals surface area contributed by atoms with Crippen molar-refractivity contribution in [1.82, 2.24) is 20.1 Å². The lowest BCUT2D eigenvalue weighted by Crippen LogP contribution is -2.51. The summed E-state index contributed by atoms with van der Waals surface area (Å²) in [5.41, 5.74) is 2.59. The van der Waals surface area contributed by atoms with Gasteiger partial charge in [-0.15, -0.1) is 0 Å². The van der Waals surface area contributed by atoms with Gasteiger partial charge in [-0.25, -0.2) is 4.39 Å². The molecule has 7 heteroatoms. The number of carbonyl (C=O) groups excluding carboxylic acids is 2. The SMILES string of the molecule is Cc1[nH]c2ccc(F)cc2c1CC(=O)NCCN1CCN(C(=O)C2CCCC2)CC1. The molecule has 1 aliphatic heterocycles. The quantitative estimate of drug-likeness (QED) is 0.764. The second-order valence-corrected chi connectivity index (χ2v) is 8.59. The number of rotatable bonds is 6. The summed E-state index contributed by atoms with van der Waals surface area (Å²) in [4.78, 5) is 32.5. The lowest BCUT2D eigenvalue weighted by Gasteiger charge is -2.36. The van der Waals surface area contributed by atoms with Gasteiger partial charge in [-0.3, -0.25) is 14.5 Å². The minimum atomic E-state index is -0.297. The molecule has 0 atom stereocenters. The summed E-state index contributed by atoms with van der Waals surface area (Å²) < 4.78 is 13.6. The molecular weight excluding hydrogens is 383 g/mol. The maximum absolute atomic E-state index is 13.6. The number of aromatic amines is 1. The van der Waals surface area contributed by atoms with Crippen LogP contribution in [0.2, 0.25) is 0 Å². The third-order valence-electron chi connectivity index (χ3n) is 6.56. The number of nitrogens with one attached hydrogen (secondary N) is 2. The molecule has 2 amide bonds. The summed E-state index contributed by atoms with van der Waals surface area (Å²) in [6, 6.07) is 4.60. The highest BCUT2D eigenvalue weighted by Crippen LogP contribution is 2.27. The molecule has 1 saturated heterocycles. The van der Waals surface area contributed by atoms with E-state index in [1.54, 1.807) is 6.07 Å². The molecule has 1 aromatic carbocycles. The molecule has 1 aromatic heterocycles. The summed E-state index contributed by atoms with van der Waals surface area (Å²) in [7, 11) is 0. The van der Waals surface area contributed by atoms with E-state index in [9.17, 15) is 14.0 Å². The number of carbonyl (C=O) groups is 2. The summed E-state index contributed by atoms with van der Waals surface area (Å²) in [5.74, 6) is 0.232.